The average molecular weight is 226 g/mol. The van der Waals surface area contributed by atoms with Crippen LogP contribution in [0.25, 0.3) is 6.08 Å². The van der Waals surface area contributed by atoms with Crippen LogP contribution in [0.5, 0.6) is 5.75 Å². The molecule has 0 atom stereocenters. The number of nitriles is 2. The van der Waals surface area contributed by atoms with Gasteiger partial charge in [-0.15, -0.1) is 0 Å². The van der Waals surface area contributed by atoms with Crippen LogP contribution >= 0.6 is 0 Å². The van der Waals surface area contributed by atoms with E-state index < -0.39 is 0 Å². The Kier molecular flexibility index (Phi) is 3.55. The van der Waals surface area contributed by atoms with Crippen LogP contribution in [0.4, 0.5) is 0 Å². The molecule has 3 heteroatoms. The van der Waals surface area contributed by atoms with E-state index in [0.29, 0.717) is 5.56 Å². The van der Waals surface area contributed by atoms with Crippen molar-refractivity contribution in [2.45, 2.75) is 26.2 Å². The van der Waals surface area contributed by atoms with Gasteiger partial charge in [0.15, 0.2) is 0 Å². The van der Waals surface area contributed by atoms with Crippen molar-refractivity contribution in [2.24, 2.45) is 0 Å². The van der Waals surface area contributed by atoms with Crippen LogP contribution in [-0.2, 0) is 5.41 Å². The van der Waals surface area contributed by atoms with E-state index in [4.69, 9.17) is 10.5 Å². The quantitative estimate of drug-likeness (QED) is 0.748. The van der Waals surface area contributed by atoms with E-state index in [0.717, 1.165) is 5.56 Å². The Morgan fingerprint density at radius 1 is 1.24 bits per heavy atom. The molecular weight excluding hydrogens is 212 g/mol. The SMILES string of the molecule is CC(C)(C)c1cccc(C=C(C#N)C#N)c1O. The normalized spacial score (nSPS) is 10.2. The molecule has 0 aliphatic carbocycles. The molecule has 86 valence electrons. The molecule has 1 N–H and O–H groups in total. The maximum Gasteiger partial charge on any atom is 0.130 e. The predicted molar refractivity (Wildman–Crippen MR) is 66.0 cm³/mol. The number of rotatable bonds is 1. The van der Waals surface area contributed by atoms with Crippen LogP contribution in [0, 0.1) is 22.7 Å². The molecule has 0 bridgehead atoms. The van der Waals surface area contributed by atoms with E-state index in [1.807, 2.05) is 26.8 Å². The van der Waals surface area contributed by atoms with Crippen molar-refractivity contribution in [2.75, 3.05) is 0 Å². The number of allylic oxidation sites excluding steroid dienone is 1. The topological polar surface area (TPSA) is 67.8 Å². The van der Waals surface area contributed by atoms with Crippen LogP contribution in [0.2, 0.25) is 0 Å². The van der Waals surface area contributed by atoms with E-state index in [-0.39, 0.29) is 16.7 Å². The van der Waals surface area contributed by atoms with Crippen LogP contribution in [-0.4, -0.2) is 5.11 Å². The highest BCUT2D eigenvalue weighted by Crippen LogP contribution is 2.33. The molecule has 0 radical (unpaired) electrons. The first-order chi connectivity index (χ1) is 7.90. The fourth-order valence-electron chi connectivity index (χ4n) is 1.53. The minimum Gasteiger partial charge on any atom is -0.507 e. The number of nitrogens with zero attached hydrogens (tertiary/aromatic N) is 2. The number of phenols is 1. The number of para-hydroxylation sites is 1. The fourth-order valence-corrected chi connectivity index (χ4v) is 1.53. The second-order valence-corrected chi connectivity index (χ2v) is 4.78. The lowest BCUT2D eigenvalue weighted by Gasteiger charge is -2.21. The molecular formula is C14H14N2O. The standard InChI is InChI=1S/C14H14N2O/c1-14(2,3)12-6-4-5-11(13(12)17)7-10(8-15)9-16/h4-7,17H,1-3H3. The largest absolute Gasteiger partial charge is 0.507 e. The second-order valence-electron chi connectivity index (χ2n) is 4.78. The van der Waals surface area contributed by atoms with E-state index in [2.05, 4.69) is 0 Å². The third-order valence-corrected chi connectivity index (χ3v) is 2.42. The first kappa shape index (κ1) is 12.8. The first-order valence-electron chi connectivity index (χ1n) is 5.24. The monoisotopic (exact) mass is 226 g/mol. The summed E-state index contributed by atoms with van der Waals surface area (Å²) in [5, 5.41) is 27.5. The van der Waals surface area contributed by atoms with Crippen LogP contribution in [0.15, 0.2) is 23.8 Å². The predicted octanol–water partition coefficient (Wildman–Crippen LogP) is 3.12. The summed E-state index contributed by atoms with van der Waals surface area (Å²) >= 11 is 0. The Balaban J connectivity index is 3.37. The Morgan fingerprint density at radius 3 is 2.29 bits per heavy atom. The average Bonchev–Trinajstić information content (AvgIpc) is 2.26. The van der Waals surface area contributed by atoms with Gasteiger partial charge in [0.05, 0.1) is 0 Å². The highest BCUT2D eigenvalue weighted by Gasteiger charge is 2.19. The summed E-state index contributed by atoms with van der Waals surface area (Å²) in [4.78, 5) is 0. The van der Waals surface area contributed by atoms with Gasteiger partial charge in [0.1, 0.15) is 23.5 Å². The van der Waals surface area contributed by atoms with E-state index >= 15 is 0 Å². The molecule has 0 saturated heterocycles. The third-order valence-electron chi connectivity index (χ3n) is 2.42. The summed E-state index contributed by atoms with van der Waals surface area (Å²) in [6.45, 7) is 5.97. The van der Waals surface area contributed by atoms with Crippen molar-refractivity contribution in [3.63, 3.8) is 0 Å². The molecule has 17 heavy (non-hydrogen) atoms. The maximum absolute atomic E-state index is 10.1. The Labute approximate surface area is 101 Å². The van der Waals surface area contributed by atoms with Gasteiger partial charge >= 0.3 is 0 Å². The zero-order valence-corrected chi connectivity index (χ0v) is 10.2. The molecule has 0 unspecified atom stereocenters. The summed E-state index contributed by atoms with van der Waals surface area (Å²) in [7, 11) is 0. The molecule has 1 rings (SSSR count). The molecule has 0 fully saturated rings. The zero-order valence-electron chi connectivity index (χ0n) is 10.2. The lowest BCUT2D eigenvalue weighted by molar-refractivity contribution is 0.445. The van der Waals surface area contributed by atoms with Gasteiger partial charge in [-0.1, -0.05) is 39.0 Å². The maximum atomic E-state index is 10.1. The van der Waals surface area contributed by atoms with Crippen LogP contribution in [0.3, 0.4) is 0 Å². The molecule has 1 aromatic rings. The summed E-state index contributed by atoms with van der Waals surface area (Å²) in [5.41, 5.74) is 1.08. The van der Waals surface area contributed by atoms with Gasteiger partial charge in [-0.3, -0.25) is 0 Å². The molecule has 3 nitrogen and oxygen atoms in total. The van der Waals surface area contributed by atoms with Crippen molar-refractivity contribution in [1.82, 2.24) is 0 Å². The smallest absolute Gasteiger partial charge is 0.130 e. The van der Waals surface area contributed by atoms with Crippen molar-refractivity contribution in [3.8, 4) is 17.9 Å². The number of aromatic hydroxyl groups is 1. The molecule has 0 aliphatic rings. The summed E-state index contributed by atoms with van der Waals surface area (Å²) < 4.78 is 0. The first-order valence-corrected chi connectivity index (χ1v) is 5.24. The van der Waals surface area contributed by atoms with Gasteiger partial charge in [-0.05, 0) is 17.1 Å². The van der Waals surface area contributed by atoms with Gasteiger partial charge in [0.25, 0.3) is 0 Å². The van der Waals surface area contributed by atoms with Gasteiger partial charge in [-0.2, -0.15) is 10.5 Å². The summed E-state index contributed by atoms with van der Waals surface area (Å²) in [5.74, 6) is 0.128. The van der Waals surface area contributed by atoms with Gasteiger partial charge in [0.2, 0.25) is 0 Å². The van der Waals surface area contributed by atoms with E-state index in [9.17, 15) is 5.11 Å². The molecule has 0 aliphatic heterocycles. The molecule has 0 spiro atoms. The Bertz CT molecular complexity index is 521. The van der Waals surface area contributed by atoms with Gasteiger partial charge in [0, 0.05) is 5.56 Å². The molecule has 0 heterocycles. The van der Waals surface area contributed by atoms with Crippen molar-refractivity contribution >= 4 is 6.08 Å². The Morgan fingerprint density at radius 2 is 1.82 bits per heavy atom. The third kappa shape index (κ3) is 2.86. The van der Waals surface area contributed by atoms with Gasteiger partial charge < -0.3 is 5.11 Å². The van der Waals surface area contributed by atoms with Crippen molar-refractivity contribution < 1.29 is 5.11 Å². The number of benzene rings is 1. The molecule has 1 aromatic carbocycles. The van der Waals surface area contributed by atoms with Crippen LogP contribution in [0.1, 0.15) is 31.9 Å². The minimum absolute atomic E-state index is 0.0219. The van der Waals surface area contributed by atoms with Crippen molar-refractivity contribution in [3.05, 3.63) is 34.9 Å². The van der Waals surface area contributed by atoms with Crippen molar-refractivity contribution in [1.29, 1.82) is 10.5 Å². The highest BCUT2D eigenvalue weighted by atomic mass is 16.3. The summed E-state index contributed by atoms with van der Waals surface area (Å²) in [6.07, 6.45) is 1.39. The summed E-state index contributed by atoms with van der Waals surface area (Å²) in [6, 6.07) is 8.87. The zero-order chi connectivity index (χ0) is 13.1. The lowest BCUT2D eigenvalue weighted by Crippen LogP contribution is -2.11. The fraction of sp³-hybridized carbons (Fsp3) is 0.286. The number of hydrogen-bond acceptors (Lipinski definition) is 3. The molecule has 0 amide bonds. The lowest BCUT2D eigenvalue weighted by atomic mass is 9.85. The number of hydrogen-bond donors (Lipinski definition) is 1. The highest BCUT2D eigenvalue weighted by molar-refractivity contribution is 5.67. The van der Waals surface area contributed by atoms with E-state index in [1.165, 1.54) is 6.08 Å². The molecule has 0 aromatic heterocycles. The van der Waals surface area contributed by atoms with E-state index in [1.54, 1.807) is 24.3 Å². The van der Waals surface area contributed by atoms with Gasteiger partial charge in [-0.25, -0.2) is 0 Å². The van der Waals surface area contributed by atoms with Crippen LogP contribution < -0.4 is 0 Å². The molecule has 0 saturated carbocycles. The number of phenolic OH excluding ortho intramolecular Hbond substituents is 1. The Hall–Kier alpha value is -2.26. The second kappa shape index (κ2) is 4.72. The minimum atomic E-state index is -0.187.